The molecule has 3 aromatic rings. The van der Waals surface area contributed by atoms with Gasteiger partial charge in [0.05, 0.1) is 19.8 Å². The van der Waals surface area contributed by atoms with Gasteiger partial charge in [0.2, 0.25) is 0 Å². The van der Waals surface area contributed by atoms with Crippen molar-refractivity contribution in [2.24, 2.45) is 0 Å². The number of ether oxygens (including phenoxy) is 2. The molecule has 0 radical (unpaired) electrons. The zero-order valence-electron chi connectivity index (χ0n) is 15.6. The van der Waals surface area contributed by atoms with Crippen LogP contribution in [0.1, 0.15) is 16.1 Å². The van der Waals surface area contributed by atoms with Crippen LogP contribution in [0, 0.1) is 0 Å². The SMILES string of the molecule is COc1ccc(-c2cc(NC(=O)c3ccc(C(F)(F)F)nc3)ccc2OC)cc1. The third-order valence-electron chi connectivity index (χ3n) is 4.17. The van der Waals surface area contributed by atoms with Crippen molar-refractivity contribution in [1.29, 1.82) is 0 Å². The topological polar surface area (TPSA) is 60.5 Å². The Kier molecular flexibility index (Phi) is 5.72. The first-order valence-electron chi connectivity index (χ1n) is 8.49. The Bertz CT molecular complexity index is 1000. The van der Waals surface area contributed by atoms with E-state index in [2.05, 4.69) is 10.3 Å². The number of hydrogen-bond donors (Lipinski definition) is 1. The fraction of sp³-hybridized carbons (Fsp3) is 0.143. The van der Waals surface area contributed by atoms with Gasteiger partial charge in [-0.15, -0.1) is 0 Å². The van der Waals surface area contributed by atoms with E-state index in [0.717, 1.165) is 29.5 Å². The summed E-state index contributed by atoms with van der Waals surface area (Å²) >= 11 is 0. The van der Waals surface area contributed by atoms with E-state index in [4.69, 9.17) is 9.47 Å². The molecule has 0 fully saturated rings. The first-order chi connectivity index (χ1) is 13.8. The number of methoxy groups -OCH3 is 2. The second-order valence-electron chi connectivity index (χ2n) is 6.03. The highest BCUT2D eigenvalue weighted by atomic mass is 19.4. The van der Waals surface area contributed by atoms with E-state index in [1.54, 1.807) is 37.4 Å². The second-order valence-corrected chi connectivity index (χ2v) is 6.03. The molecular formula is C21H17F3N2O3. The van der Waals surface area contributed by atoms with Crippen molar-refractivity contribution in [3.05, 3.63) is 72.1 Å². The highest BCUT2D eigenvalue weighted by Gasteiger charge is 2.32. The molecule has 0 atom stereocenters. The van der Waals surface area contributed by atoms with Gasteiger partial charge in [0.25, 0.3) is 5.91 Å². The van der Waals surface area contributed by atoms with Gasteiger partial charge in [-0.05, 0) is 48.0 Å². The maximum Gasteiger partial charge on any atom is 0.433 e. The maximum absolute atomic E-state index is 12.6. The summed E-state index contributed by atoms with van der Waals surface area (Å²) in [6.07, 6.45) is -3.66. The summed E-state index contributed by atoms with van der Waals surface area (Å²) < 4.78 is 48.4. The largest absolute Gasteiger partial charge is 0.497 e. The predicted molar refractivity (Wildman–Crippen MR) is 102 cm³/mol. The highest BCUT2D eigenvalue weighted by molar-refractivity contribution is 6.04. The van der Waals surface area contributed by atoms with Crippen LogP contribution in [0.5, 0.6) is 11.5 Å². The molecule has 0 aliphatic carbocycles. The number of nitrogens with zero attached hydrogens (tertiary/aromatic N) is 1. The lowest BCUT2D eigenvalue weighted by Crippen LogP contribution is -2.14. The molecule has 1 N–H and O–H groups in total. The van der Waals surface area contributed by atoms with Gasteiger partial charge in [0.1, 0.15) is 17.2 Å². The standard InChI is InChI=1S/C21H17F3N2O3/c1-28-16-7-3-13(4-8-16)17-11-15(6-9-18(17)29-2)26-20(27)14-5-10-19(25-12-14)21(22,23)24/h3-12H,1-2H3,(H,26,27). The first-order valence-corrected chi connectivity index (χ1v) is 8.49. The molecule has 29 heavy (non-hydrogen) atoms. The van der Waals surface area contributed by atoms with Gasteiger partial charge in [-0.1, -0.05) is 12.1 Å². The monoisotopic (exact) mass is 402 g/mol. The fourth-order valence-corrected chi connectivity index (χ4v) is 2.68. The number of halogens is 3. The summed E-state index contributed by atoms with van der Waals surface area (Å²) in [7, 11) is 3.11. The summed E-state index contributed by atoms with van der Waals surface area (Å²) in [4.78, 5) is 15.7. The summed E-state index contributed by atoms with van der Waals surface area (Å²) in [5.41, 5.74) is 0.995. The lowest BCUT2D eigenvalue weighted by atomic mass is 10.0. The quantitative estimate of drug-likeness (QED) is 0.650. The molecule has 0 saturated heterocycles. The van der Waals surface area contributed by atoms with Crippen molar-refractivity contribution in [1.82, 2.24) is 4.98 Å². The van der Waals surface area contributed by atoms with Crippen molar-refractivity contribution >= 4 is 11.6 Å². The van der Waals surface area contributed by atoms with E-state index >= 15 is 0 Å². The summed E-state index contributed by atoms with van der Waals surface area (Å²) in [6.45, 7) is 0. The van der Waals surface area contributed by atoms with E-state index in [9.17, 15) is 18.0 Å². The molecule has 0 bridgehead atoms. The van der Waals surface area contributed by atoms with E-state index in [1.165, 1.54) is 7.11 Å². The number of aromatic nitrogens is 1. The van der Waals surface area contributed by atoms with Crippen LogP contribution in [0.4, 0.5) is 18.9 Å². The summed E-state index contributed by atoms with van der Waals surface area (Å²) in [6, 6.07) is 14.2. The normalized spacial score (nSPS) is 11.1. The first kappa shape index (κ1) is 20.2. The van der Waals surface area contributed by atoms with Gasteiger partial charge < -0.3 is 14.8 Å². The predicted octanol–water partition coefficient (Wildman–Crippen LogP) is 5.04. The number of carbonyl (C=O) groups excluding carboxylic acids is 1. The van der Waals surface area contributed by atoms with Crippen molar-refractivity contribution in [2.75, 3.05) is 19.5 Å². The summed E-state index contributed by atoms with van der Waals surface area (Å²) in [5, 5.41) is 2.66. The fourth-order valence-electron chi connectivity index (χ4n) is 2.68. The molecule has 1 aromatic heterocycles. The van der Waals surface area contributed by atoms with Gasteiger partial charge in [-0.2, -0.15) is 13.2 Å². The number of hydrogen-bond acceptors (Lipinski definition) is 4. The van der Waals surface area contributed by atoms with Gasteiger partial charge in [-0.3, -0.25) is 9.78 Å². The van der Waals surface area contributed by atoms with Crippen LogP contribution in [0.25, 0.3) is 11.1 Å². The van der Waals surface area contributed by atoms with Crippen LogP contribution in [0.3, 0.4) is 0 Å². The number of carbonyl (C=O) groups is 1. The Hall–Kier alpha value is -3.55. The number of anilines is 1. The third-order valence-corrected chi connectivity index (χ3v) is 4.17. The highest BCUT2D eigenvalue weighted by Crippen LogP contribution is 2.33. The van der Waals surface area contributed by atoms with Gasteiger partial charge in [0.15, 0.2) is 0 Å². The van der Waals surface area contributed by atoms with E-state index < -0.39 is 17.8 Å². The van der Waals surface area contributed by atoms with E-state index in [0.29, 0.717) is 17.2 Å². The molecule has 150 valence electrons. The van der Waals surface area contributed by atoms with Crippen molar-refractivity contribution in [2.45, 2.75) is 6.18 Å². The molecule has 0 saturated carbocycles. The molecule has 0 spiro atoms. The Morgan fingerprint density at radius 2 is 1.69 bits per heavy atom. The van der Waals surface area contributed by atoms with Crippen LogP contribution in [0.15, 0.2) is 60.8 Å². The number of benzene rings is 2. The number of amides is 1. The van der Waals surface area contributed by atoms with E-state index in [-0.39, 0.29) is 5.56 Å². The molecule has 5 nitrogen and oxygen atoms in total. The average Bonchev–Trinajstić information content (AvgIpc) is 2.73. The van der Waals surface area contributed by atoms with Crippen molar-refractivity contribution < 1.29 is 27.4 Å². The molecule has 0 aliphatic heterocycles. The minimum absolute atomic E-state index is 0.0137. The van der Waals surface area contributed by atoms with Crippen LogP contribution in [-0.4, -0.2) is 25.1 Å². The summed E-state index contributed by atoms with van der Waals surface area (Å²) in [5.74, 6) is 0.730. The van der Waals surface area contributed by atoms with Crippen LogP contribution in [0.2, 0.25) is 0 Å². The lowest BCUT2D eigenvalue weighted by molar-refractivity contribution is -0.141. The molecule has 1 heterocycles. The molecule has 0 unspecified atom stereocenters. The Labute approximate surface area is 165 Å². The van der Waals surface area contributed by atoms with Gasteiger partial charge >= 0.3 is 6.18 Å². The Morgan fingerprint density at radius 1 is 0.966 bits per heavy atom. The maximum atomic E-state index is 12.6. The third kappa shape index (κ3) is 4.66. The number of rotatable bonds is 5. The van der Waals surface area contributed by atoms with Crippen LogP contribution in [-0.2, 0) is 6.18 Å². The second kappa shape index (κ2) is 8.22. The number of alkyl halides is 3. The van der Waals surface area contributed by atoms with Crippen molar-refractivity contribution in [3.63, 3.8) is 0 Å². The number of nitrogens with one attached hydrogen (secondary N) is 1. The zero-order chi connectivity index (χ0) is 21.0. The van der Waals surface area contributed by atoms with Crippen molar-refractivity contribution in [3.8, 4) is 22.6 Å². The molecule has 8 heteroatoms. The molecule has 2 aromatic carbocycles. The smallest absolute Gasteiger partial charge is 0.433 e. The molecular weight excluding hydrogens is 385 g/mol. The molecule has 1 amide bonds. The number of pyridine rings is 1. The molecule has 3 rings (SSSR count). The minimum atomic E-state index is -4.56. The zero-order valence-corrected chi connectivity index (χ0v) is 15.6. The Morgan fingerprint density at radius 3 is 2.24 bits per heavy atom. The van der Waals surface area contributed by atoms with Crippen LogP contribution < -0.4 is 14.8 Å². The van der Waals surface area contributed by atoms with Gasteiger partial charge in [-0.25, -0.2) is 0 Å². The lowest BCUT2D eigenvalue weighted by Gasteiger charge is -2.13. The molecule has 0 aliphatic rings. The van der Waals surface area contributed by atoms with E-state index in [1.807, 2.05) is 12.1 Å². The van der Waals surface area contributed by atoms with Crippen LogP contribution >= 0.6 is 0 Å². The van der Waals surface area contributed by atoms with Gasteiger partial charge in [0, 0.05) is 17.4 Å². The Balaban J connectivity index is 1.84. The minimum Gasteiger partial charge on any atom is -0.497 e. The average molecular weight is 402 g/mol.